The molecular weight excluding hydrogens is 613 g/mol. The predicted octanol–water partition coefficient (Wildman–Crippen LogP) is 11.5. The molecule has 5 heteroatoms. The van der Waals surface area contributed by atoms with Gasteiger partial charge < -0.3 is 8.98 Å². The van der Waals surface area contributed by atoms with Crippen molar-refractivity contribution in [2.24, 2.45) is 0 Å². The average Bonchev–Trinajstić information content (AvgIpc) is 3.82. The highest BCUT2D eigenvalue weighted by molar-refractivity contribution is 6.11. The summed E-state index contributed by atoms with van der Waals surface area (Å²) in [5.74, 6) is 1.11. The highest BCUT2D eigenvalue weighted by Gasteiger charge is 2.20. The van der Waals surface area contributed by atoms with E-state index in [2.05, 4.69) is 0 Å². The summed E-state index contributed by atoms with van der Waals surface area (Å²) in [6.07, 6.45) is 0. The van der Waals surface area contributed by atoms with Gasteiger partial charge in [0, 0.05) is 38.2 Å². The summed E-state index contributed by atoms with van der Waals surface area (Å²) in [5, 5.41) is 2.55. The standard InChI is InChI=1S/C45H28N4O/c1-3-13-29(14-4-1)31-24-26-40-37(27-31)33-17-7-10-20-38(33)49(40)39-21-11-8-19-36(39)45-47-43(30-15-5-2-6-16-30)46-44(48-45)32-23-25-35-34-18-9-12-22-41(34)50-42(35)28-32/h1-28H/i1D,3D,4D,7D,10D,13D,14D,17D,20D. The van der Waals surface area contributed by atoms with E-state index in [-0.39, 0.29) is 40.6 Å². The van der Waals surface area contributed by atoms with Gasteiger partial charge in [-0.25, -0.2) is 15.0 Å². The Kier molecular flexibility index (Phi) is 4.67. The van der Waals surface area contributed by atoms with Gasteiger partial charge in [-0.15, -0.1) is 0 Å². The summed E-state index contributed by atoms with van der Waals surface area (Å²) in [5.41, 5.74) is 4.89. The Labute approximate surface area is 300 Å². The number of hydrogen-bond acceptors (Lipinski definition) is 4. The van der Waals surface area contributed by atoms with Crippen LogP contribution in [0.4, 0.5) is 0 Å². The fraction of sp³-hybridized carbons (Fsp3) is 0. The van der Waals surface area contributed by atoms with Crippen LogP contribution in [-0.4, -0.2) is 19.5 Å². The van der Waals surface area contributed by atoms with Crippen LogP contribution in [-0.2, 0) is 0 Å². The molecule has 3 aromatic heterocycles. The van der Waals surface area contributed by atoms with Crippen molar-refractivity contribution in [3.05, 3.63) is 170 Å². The number of benzene rings is 7. The second-order valence-electron chi connectivity index (χ2n) is 11.8. The molecule has 0 fully saturated rings. The summed E-state index contributed by atoms with van der Waals surface area (Å²) < 4.78 is 85.5. The minimum absolute atomic E-state index is 0.0213. The van der Waals surface area contributed by atoms with Crippen LogP contribution in [0.2, 0.25) is 0 Å². The van der Waals surface area contributed by atoms with E-state index in [9.17, 15) is 1.37 Å². The van der Waals surface area contributed by atoms with E-state index in [0.717, 1.165) is 21.9 Å². The highest BCUT2D eigenvalue weighted by atomic mass is 16.3. The summed E-state index contributed by atoms with van der Waals surface area (Å²) in [6.45, 7) is 0. The molecule has 234 valence electrons. The lowest BCUT2D eigenvalue weighted by Crippen LogP contribution is -2.03. The third kappa shape index (κ3) is 4.60. The van der Waals surface area contributed by atoms with Crippen molar-refractivity contribution in [1.29, 1.82) is 0 Å². The number of rotatable bonds is 5. The molecule has 0 aliphatic rings. The van der Waals surface area contributed by atoms with Crippen molar-refractivity contribution < 1.29 is 16.8 Å². The van der Waals surface area contributed by atoms with Crippen molar-refractivity contribution >= 4 is 43.7 Å². The van der Waals surface area contributed by atoms with E-state index in [1.165, 1.54) is 0 Å². The first-order valence-corrected chi connectivity index (χ1v) is 16.0. The van der Waals surface area contributed by atoms with Crippen molar-refractivity contribution in [1.82, 2.24) is 19.5 Å². The second kappa shape index (κ2) is 11.4. The zero-order chi connectivity index (χ0) is 40.9. The maximum Gasteiger partial charge on any atom is 0.166 e. The molecule has 5 nitrogen and oxygen atoms in total. The summed E-state index contributed by atoms with van der Waals surface area (Å²) in [4.78, 5) is 15.0. The van der Waals surface area contributed by atoms with Crippen molar-refractivity contribution in [2.75, 3.05) is 0 Å². The van der Waals surface area contributed by atoms with Crippen molar-refractivity contribution in [2.45, 2.75) is 0 Å². The van der Waals surface area contributed by atoms with Crippen LogP contribution in [0.3, 0.4) is 0 Å². The highest BCUT2D eigenvalue weighted by Crippen LogP contribution is 2.38. The van der Waals surface area contributed by atoms with Gasteiger partial charge in [0.05, 0.1) is 29.1 Å². The van der Waals surface area contributed by atoms with Gasteiger partial charge in [-0.2, -0.15) is 0 Å². The van der Waals surface area contributed by atoms with E-state index in [0.29, 0.717) is 56.3 Å². The van der Waals surface area contributed by atoms with Gasteiger partial charge in [-0.3, -0.25) is 0 Å². The molecular formula is C45H28N4O. The van der Waals surface area contributed by atoms with Gasteiger partial charge in [0.2, 0.25) is 0 Å². The molecule has 50 heavy (non-hydrogen) atoms. The van der Waals surface area contributed by atoms with Crippen LogP contribution in [0.5, 0.6) is 0 Å². The number of furan rings is 1. The lowest BCUT2D eigenvalue weighted by molar-refractivity contribution is 0.669. The van der Waals surface area contributed by atoms with Gasteiger partial charge in [-0.05, 0) is 59.6 Å². The zero-order valence-electron chi connectivity index (χ0n) is 35.2. The number of hydrogen-bond donors (Lipinski definition) is 0. The Balaban J connectivity index is 1.24. The molecule has 10 aromatic rings. The first kappa shape index (κ1) is 20.5. The number of nitrogens with zero attached hydrogens (tertiary/aromatic N) is 4. The molecule has 10 rings (SSSR count). The summed E-state index contributed by atoms with van der Waals surface area (Å²) in [7, 11) is 0. The van der Waals surface area contributed by atoms with Crippen LogP contribution in [0.25, 0.3) is 94.7 Å². The van der Waals surface area contributed by atoms with Crippen molar-refractivity contribution in [3.8, 4) is 51.0 Å². The smallest absolute Gasteiger partial charge is 0.166 e. The Morgan fingerprint density at radius 2 is 1.14 bits per heavy atom. The first-order chi connectivity index (χ1) is 28.5. The molecule has 0 saturated carbocycles. The van der Waals surface area contributed by atoms with Gasteiger partial charge in [0.25, 0.3) is 0 Å². The van der Waals surface area contributed by atoms with Crippen LogP contribution >= 0.6 is 0 Å². The van der Waals surface area contributed by atoms with Crippen LogP contribution in [0.15, 0.2) is 174 Å². The Bertz CT molecular complexity index is 3370. The molecule has 0 spiro atoms. The molecule has 0 aliphatic carbocycles. The van der Waals surface area contributed by atoms with Crippen LogP contribution in [0, 0.1) is 0 Å². The van der Waals surface area contributed by atoms with E-state index >= 15 is 0 Å². The van der Waals surface area contributed by atoms with E-state index in [1.54, 1.807) is 22.8 Å². The van der Waals surface area contributed by atoms with Gasteiger partial charge >= 0.3 is 0 Å². The molecule has 0 aliphatic heterocycles. The van der Waals surface area contributed by atoms with E-state index in [1.807, 2.05) is 97.1 Å². The molecule has 7 aromatic carbocycles. The quantitative estimate of drug-likeness (QED) is 0.186. The fourth-order valence-electron chi connectivity index (χ4n) is 6.58. The molecule has 0 atom stereocenters. The molecule has 0 amide bonds. The molecule has 0 N–H and O–H groups in total. The number of fused-ring (bicyclic) bond motifs is 6. The lowest BCUT2D eigenvalue weighted by atomic mass is 10.0. The minimum Gasteiger partial charge on any atom is -0.456 e. The van der Waals surface area contributed by atoms with Gasteiger partial charge in [-0.1, -0.05) is 121 Å². The Hall–Kier alpha value is -6.85. The summed E-state index contributed by atoms with van der Waals surface area (Å²) in [6, 6.07) is 31.8. The Morgan fingerprint density at radius 1 is 0.440 bits per heavy atom. The minimum atomic E-state index is -0.515. The number of aromatic nitrogens is 4. The van der Waals surface area contributed by atoms with Gasteiger partial charge in [0.15, 0.2) is 17.5 Å². The third-order valence-corrected chi connectivity index (χ3v) is 8.88. The summed E-state index contributed by atoms with van der Waals surface area (Å²) >= 11 is 0. The predicted molar refractivity (Wildman–Crippen MR) is 203 cm³/mol. The third-order valence-electron chi connectivity index (χ3n) is 8.88. The van der Waals surface area contributed by atoms with E-state index in [4.69, 9.17) is 30.3 Å². The van der Waals surface area contributed by atoms with E-state index < -0.39 is 30.2 Å². The molecule has 3 heterocycles. The topological polar surface area (TPSA) is 56.7 Å². The fourth-order valence-corrected chi connectivity index (χ4v) is 6.58. The number of para-hydroxylation sites is 3. The molecule has 0 unspecified atom stereocenters. The first-order valence-electron chi connectivity index (χ1n) is 20.5. The monoisotopic (exact) mass is 649 g/mol. The molecule has 0 bridgehead atoms. The van der Waals surface area contributed by atoms with Gasteiger partial charge in [0.1, 0.15) is 11.2 Å². The Morgan fingerprint density at radius 3 is 2.04 bits per heavy atom. The second-order valence-corrected chi connectivity index (χ2v) is 11.8. The maximum atomic E-state index is 9.20. The molecule has 0 radical (unpaired) electrons. The largest absolute Gasteiger partial charge is 0.456 e. The average molecular weight is 650 g/mol. The zero-order valence-corrected chi connectivity index (χ0v) is 26.2. The SMILES string of the molecule is [2H]c1c([2H])c([2H])c(-c2ccc3c(c2)c2c([2H])c([2H])c([2H])c([2H])c2n3-c2ccccc2-c2nc(-c3ccccc3)nc(-c3ccc4c(c3)oc3ccccc34)n2)c([2H])c1[2H]. The molecule has 0 saturated heterocycles. The normalized spacial score (nSPS) is 14.1. The lowest BCUT2D eigenvalue weighted by Gasteiger charge is -2.14. The van der Waals surface area contributed by atoms with Crippen LogP contribution in [0.1, 0.15) is 12.3 Å². The maximum absolute atomic E-state index is 9.20. The van der Waals surface area contributed by atoms with Crippen LogP contribution < -0.4 is 0 Å². The van der Waals surface area contributed by atoms with Crippen molar-refractivity contribution in [3.63, 3.8) is 0 Å².